The van der Waals surface area contributed by atoms with Gasteiger partial charge in [0, 0.05) is 96.2 Å². The summed E-state index contributed by atoms with van der Waals surface area (Å²) in [4.78, 5) is 10.3. The minimum atomic E-state index is -0.202. The van der Waals surface area contributed by atoms with Crippen molar-refractivity contribution < 1.29 is 4.74 Å². The van der Waals surface area contributed by atoms with Crippen LogP contribution in [0.3, 0.4) is 0 Å². The Balaban J connectivity index is 0.852. The molecular formula is C90H56B3N5O. The van der Waals surface area contributed by atoms with Crippen molar-refractivity contribution >= 4 is 159 Å². The summed E-state index contributed by atoms with van der Waals surface area (Å²) in [5.41, 5.74) is 35.2. The first-order valence-corrected chi connectivity index (χ1v) is 34.4. The van der Waals surface area contributed by atoms with Gasteiger partial charge in [0.1, 0.15) is 11.5 Å². The molecule has 1 aromatic heterocycles. The van der Waals surface area contributed by atoms with Crippen molar-refractivity contribution in [2.45, 2.75) is 0 Å². The first kappa shape index (κ1) is 54.5. The van der Waals surface area contributed by atoms with Crippen LogP contribution in [0, 0.1) is 0 Å². The van der Waals surface area contributed by atoms with Crippen LogP contribution in [0.5, 0.6) is 11.5 Å². The van der Waals surface area contributed by atoms with Gasteiger partial charge in [0.05, 0.1) is 16.7 Å². The molecule has 0 unspecified atom stereocenters. The highest BCUT2D eigenvalue weighted by atomic mass is 16.5. The zero-order valence-corrected chi connectivity index (χ0v) is 53.7. The van der Waals surface area contributed by atoms with Crippen LogP contribution in [0.15, 0.2) is 340 Å². The quantitative estimate of drug-likeness (QED) is 0.148. The van der Waals surface area contributed by atoms with Crippen LogP contribution in [-0.4, -0.2) is 24.7 Å². The van der Waals surface area contributed by atoms with Crippen molar-refractivity contribution in [1.29, 1.82) is 0 Å². The number of benzene rings is 15. The Morgan fingerprint density at radius 3 is 1.24 bits per heavy atom. The van der Waals surface area contributed by atoms with Crippen molar-refractivity contribution in [1.82, 2.24) is 4.57 Å². The van der Waals surface area contributed by atoms with Gasteiger partial charge in [0.25, 0.3) is 20.1 Å². The van der Waals surface area contributed by atoms with E-state index in [4.69, 9.17) is 4.74 Å². The molecule has 0 atom stereocenters. The molecule has 0 spiro atoms. The largest absolute Gasteiger partial charge is 0.458 e. The van der Waals surface area contributed by atoms with E-state index in [2.05, 4.69) is 364 Å². The zero-order chi connectivity index (χ0) is 64.6. The van der Waals surface area contributed by atoms with Crippen LogP contribution in [0.25, 0.3) is 60.9 Å². The molecule has 0 N–H and O–H groups in total. The summed E-state index contributed by atoms with van der Waals surface area (Å²) in [5, 5.41) is 2.41. The highest BCUT2D eigenvalue weighted by molar-refractivity contribution is 7.05. The maximum Gasteiger partial charge on any atom is 0.256 e. The molecule has 22 rings (SSSR count). The number of hydrogen-bond donors (Lipinski definition) is 0. The van der Waals surface area contributed by atoms with Crippen molar-refractivity contribution in [2.24, 2.45) is 0 Å². The number of aromatic nitrogens is 1. The maximum atomic E-state index is 7.96. The standard InChI is InChI=1S/C90H56B3N5O/c1-6-27-57(28-7-1)64-38-26-39-65(58-29-8-2-9-30-58)89(64)98-80-56-84-73(54-72(80)92-71-43-20-25-48-79(71)97-78-47-24-19-42-70(78)91-68-40-17-22-45-76(68)96(63-35-14-5-15-36-63)82-55-83(98)88(92)90(97)87(82)91)93-69-41-18-23-46-77(69)95(62-33-12-4-13-34-62)81-52-60(53-85(99-84)86(81)93)59-49-50-75-67(51-59)66-37-16-21-44-74(66)94(75)61-31-10-3-11-32-61/h1-56H. The van der Waals surface area contributed by atoms with Gasteiger partial charge in [0.2, 0.25) is 0 Å². The molecule has 0 radical (unpaired) electrons. The fourth-order valence-electron chi connectivity index (χ4n) is 18.0. The first-order valence-electron chi connectivity index (χ1n) is 34.4. The molecule has 0 saturated carbocycles. The molecule has 6 nitrogen and oxygen atoms in total. The minimum Gasteiger partial charge on any atom is -0.458 e. The molecule has 0 saturated heterocycles. The van der Waals surface area contributed by atoms with Crippen LogP contribution in [0.1, 0.15) is 0 Å². The predicted molar refractivity (Wildman–Crippen MR) is 416 cm³/mol. The Bertz CT molecular complexity index is 6020. The van der Waals surface area contributed by atoms with E-state index in [0.29, 0.717) is 0 Å². The van der Waals surface area contributed by atoms with E-state index in [9.17, 15) is 0 Å². The molecule has 0 amide bonds. The number of fused-ring (bicyclic) bond motifs is 17. The number of ether oxygens (including phenoxy) is 1. The van der Waals surface area contributed by atoms with Crippen LogP contribution in [0.4, 0.5) is 68.2 Å². The van der Waals surface area contributed by atoms with Gasteiger partial charge in [-0.15, -0.1) is 0 Å². The van der Waals surface area contributed by atoms with Gasteiger partial charge in [-0.1, -0.05) is 237 Å². The lowest BCUT2D eigenvalue weighted by atomic mass is 9.28. The third-order valence-electron chi connectivity index (χ3n) is 21.9. The summed E-state index contributed by atoms with van der Waals surface area (Å²) in [5.74, 6) is 1.68. The molecule has 9 heteroatoms. The third kappa shape index (κ3) is 7.70. The second kappa shape index (κ2) is 20.9. The average Bonchev–Trinajstić information content (AvgIpc) is 1.07. The lowest BCUT2D eigenvalue weighted by Crippen LogP contribution is -2.69. The van der Waals surface area contributed by atoms with Gasteiger partial charge in [0.15, 0.2) is 0 Å². The summed E-state index contributed by atoms with van der Waals surface area (Å²) in [7, 11) is 0. The molecule has 6 aliphatic rings. The summed E-state index contributed by atoms with van der Waals surface area (Å²) in [6.45, 7) is -0.454. The van der Waals surface area contributed by atoms with E-state index >= 15 is 0 Å². The molecule has 456 valence electrons. The van der Waals surface area contributed by atoms with E-state index < -0.39 is 0 Å². The first-order chi connectivity index (χ1) is 49.2. The van der Waals surface area contributed by atoms with Gasteiger partial charge in [-0.3, -0.25) is 0 Å². The van der Waals surface area contributed by atoms with Crippen molar-refractivity contribution in [2.75, 3.05) is 19.6 Å². The van der Waals surface area contributed by atoms with Gasteiger partial charge in [-0.25, -0.2) is 0 Å². The molecular weight excluding hydrogens is 1200 g/mol. The minimum absolute atomic E-state index is 0.0548. The summed E-state index contributed by atoms with van der Waals surface area (Å²) < 4.78 is 10.4. The van der Waals surface area contributed by atoms with E-state index in [1.807, 2.05) is 0 Å². The number of para-hydroxylation sites is 9. The Morgan fingerprint density at radius 1 is 0.222 bits per heavy atom. The number of hydrogen-bond acceptors (Lipinski definition) is 5. The Morgan fingerprint density at radius 2 is 0.667 bits per heavy atom. The SMILES string of the molecule is c1ccc(-c2cccc(-c3ccccc3)c2N2c3cc4c(cc3B3c5ccccc5N5c6ccccc6B6c7ccccc7N(c7ccccc7)c7cc2c3c5c76)B2c3ccccc3N(c3ccccc3)c3cc(-c5ccc6c(c5)c5ccccc5n6-c5ccccc5)cc(c32)O4)cc1. The second-order valence-corrected chi connectivity index (χ2v) is 26.9. The van der Waals surface area contributed by atoms with Crippen LogP contribution in [-0.2, 0) is 0 Å². The Labute approximate surface area is 575 Å². The lowest BCUT2D eigenvalue weighted by Gasteiger charge is -2.51. The summed E-state index contributed by atoms with van der Waals surface area (Å²) >= 11 is 0. The van der Waals surface area contributed by atoms with Crippen molar-refractivity contribution in [3.8, 4) is 50.6 Å². The molecule has 0 aliphatic carbocycles. The van der Waals surface area contributed by atoms with E-state index in [0.717, 1.165) is 113 Å². The molecule has 0 bridgehead atoms. The monoisotopic (exact) mass is 1260 g/mol. The van der Waals surface area contributed by atoms with E-state index in [1.54, 1.807) is 0 Å². The number of rotatable bonds is 7. The van der Waals surface area contributed by atoms with Crippen molar-refractivity contribution in [3.63, 3.8) is 0 Å². The molecule has 16 aromatic rings. The molecule has 6 aliphatic heterocycles. The fourth-order valence-corrected chi connectivity index (χ4v) is 18.0. The second-order valence-electron chi connectivity index (χ2n) is 26.9. The maximum absolute atomic E-state index is 7.96. The third-order valence-corrected chi connectivity index (χ3v) is 21.9. The van der Waals surface area contributed by atoms with Gasteiger partial charge in [-0.05, 0) is 168 Å². The van der Waals surface area contributed by atoms with E-state index in [1.165, 1.54) is 77.3 Å². The van der Waals surface area contributed by atoms with Crippen LogP contribution in [0.2, 0.25) is 0 Å². The fraction of sp³-hybridized carbons (Fsp3) is 0. The van der Waals surface area contributed by atoms with Gasteiger partial charge in [-0.2, -0.15) is 0 Å². The summed E-state index contributed by atoms with van der Waals surface area (Å²) in [6, 6.07) is 127. The normalized spacial score (nSPS) is 13.6. The Hall–Kier alpha value is -12.7. The summed E-state index contributed by atoms with van der Waals surface area (Å²) in [6.07, 6.45) is 0. The number of anilines is 12. The highest BCUT2D eigenvalue weighted by Gasteiger charge is 2.53. The molecule has 0 fully saturated rings. The smallest absolute Gasteiger partial charge is 0.256 e. The van der Waals surface area contributed by atoms with E-state index in [-0.39, 0.29) is 20.1 Å². The Kier molecular flexibility index (Phi) is 11.5. The van der Waals surface area contributed by atoms with Crippen LogP contribution < -0.4 is 73.5 Å². The molecule has 7 heterocycles. The topological polar surface area (TPSA) is 27.1 Å². The average molecular weight is 1260 g/mol. The molecule has 99 heavy (non-hydrogen) atoms. The zero-order valence-electron chi connectivity index (χ0n) is 53.7. The van der Waals surface area contributed by atoms with Gasteiger partial charge >= 0.3 is 0 Å². The predicted octanol–water partition coefficient (Wildman–Crippen LogP) is 16.9. The highest BCUT2D eigenvalue weighted by Crippen LogP contribution is 2.54. The number of nitrogens with zero attached hydrogens (tertiary/aromatic N) is 5. The molecule has 15 aromatic carbocycles. The lowest BCUT2D eigenvalue weighted by molar-refractivity contribution is 0.488. The van der Waals surface area contributed by atoms with Crippen LogP contribution >= 0.6 is 0 Å². The van der Waals surface area contributed by atoms with Crippen molar-refractivity contribution in [3.05, 3.63) is 340 Å². The van der Waals surface area contributed by atoms with Gasteiger partial charge < -0.3 is 28.9 Å².